The van der Waals surface area contributed by atoms with Crippen LogP contribution in [0.15, 0.2) is 41.0 Å². The van der Waals surface area contributed by atoms with Crippen LogP contribution in [0.25, 0.3) is 0 Å². The topological polar surface area (TPSA) is 58.1 Å². The largest absolute Gasteiger partial charge is 0.334 e. The van der Waals surface area contributed by atoms with Crippen LogP contribution in [0.1, 0.15) is 43.1 Å². The summed E-state index contributed by atoms with van der Waals surface area (Å²) in [4.78, 5) is 23.5. The van der Waals surface area contributed by atoms with Crippen LogP contribution in [0, 0.1) is 0 Å². The van der Waals surface area contributed by atoms with Crippen molar-refractivity contribution in [1.29, 1.82) is 0 Å². The quantitative estimate of drug-likeness (QED) is 0.843. The van der Waals surface area contributed by atoms with Crippen LogP contribution in [0.4, 0.5) is 11.6 Å². The molecular weight excluding hydrogens is 368 g/mol. The number of para-hydroxylation sites is 1. The van der Waals surface area contributed by atoms with E-state index in [1.54, 1.807) is 12.3 Å². The Bertz CT molecular complexity index is 722. The number of halogens is 1. The normalized spacial score (nSPS) is 17.6. The van der Waals surface area contributed by atoms with E-state index in [4.69, 9.17) is 0 Å². The van der Waals surface area contributed by atoms with E-state index >= 15 is 0 Å². The van der Waals surface area contributed by atoms with Crippen molar-refractivity contribution in [2.24, 2.45) is 0 Å². The number of likely N-dealkylation sites (tertiary alicyclic amines) is 1. The number of rotatable bonds is 4. The second-order valence-electron chi connectivity index (χ2n) is 5.93. The first-order valence-corrected chi connectivity index (χ1v) is 9.14. The number of benzene rings is 1. The second-order valence-corrected chi connectivity index (χ2v) is 6.78. The van der Waals surface area contributed by atoms with Crippen LogP contribution >= 0.6 is 15.9 Å². The highest BCUT2D eigenvalue weighted by atomic mass is 79.9. The molecule has 3 rings (SSSR count). The molecule has 2 aromatic rings. The minimum atomic E-state index is -0.000808. The van der Waals surface area contributed by atoms with E-state index in [0.29, 0.717) is 17.7 Å². The molecule has 6 heteroatoms. The summed E-state index contributed by atoms with van der Waals surface area (Å²) in [5, 5.41) is 3.16. The van der Waals surface area contributed by atoms with Gasteiger partial charge in [-0.05, 0) is 59.8 Å². The summed E-state index contributed by atoms with van der Waals surface area (Å²) in [6.45, 7) is 2.95. The van der Waals surface area contributed by atoms with Crippen molar-refractivity contribution < 1.29 is 4.79 Å². The molecule has 0 radical (unpaired) electrons. The standard InChI is InChI=1S/C18H21BrN4O/c1-2-13-7-5-6-12-23(13)17(24)16-10-11-20-18(22-16)21-15-9-4-3-8-14(15)19/h3-4,8-11,13H,2,5-7,12H2,1H3,(H,20,21,22). The first-order chi connectivity index (χ1) is 11.7. The zero-order chi connectivity index (χ0) is 16.9. The van der Waals surface area contributed by atoms with E-state index < -0.39 is 0 Å². The summed E-state index contributed by atoms with van der Waals surface area (Å²) in [6, 6.07) is 9.76. The number of carbonyl (C=O) groups excluding carboxylic acids is 1. The van der Waals surface area contributed by atoms with E-state index in [1.807, 2.05) is 29.2 Å². The van der Waals surface area contributed by atoms with Crippen LogP contribution in [0.2, 0.25) is 0 Å². The summed E-state index contributed by atoms with van der Waals surface area (Å²) in [5.74, 6) is 0.428. The molecule has 126 valence electrons. The van der Waals surface area contributed by atoms with Crippen LogP contribution in [0.5, 0.6) is 0 Å². The van der Waals surface area contributed by atoms with Crippen molar-refractivity contribution >= 4 is 33.5 Å². The Labute approximate surface area is 150 Å². The van der Waals surface area contributed by atoms with E-state index in [2.05, 4.69) is 38.1 Å². The Kier molecular flexibility index (Phi) is 5.45. The Balaban J connectivity index is 1.79. The zero-order valence-electron chi connectivity index (χ0n) is 13.7. The number of anilines is 2. The average molecular weight is 389 g/mol. The summed E-state index contributed by atoms with van der Waals surface area (Å²) in [5.41, 5.74) is 1.31. The molecule has 0 bridgehead atoms. The maximum absolute atomic E-state index is 12.8. The smallest absolute Gasteiger partial charge is 0.272 e. The fourth-order valence-electron chi connectivity index (χ4n) is 3.06. The lowest BCUT2D eigenvalue weighted by atomic mass is 9.99. The van der Waals surface area contributed by atoms with E-state index in [0.717, 1.165) is 36.0 Å². The van der Waals surface area contributed by atoms with Crippen molar-refractivity contribution in [3.63, 3.8) is 0 Å². The molecule has 1 aromatic carbocycles. The molecule has 0 aliphatic carbocycles. The molecule has 5 nitrogen and oxygen atoms in total. The van der Waals surface area contributed by atoms with Gasteiger partial charge in [0.25, 0.3) is 5.91 Å². The van der Waals surface area contributed by atoms with Gasteiger partial charge in [-0.15, -0.1) is 0 Å². The molecule has 1 amide bonds. The summed E-state index contributed by atoms with van der Waals surface area (Å²) < 4.78 is 0.924. The highest BCUT2D eigenvalue weighted by Crippen LogP contribution is 2.24. The van der Waals surface area contributed by atoms with Gasteiger partial charge in [-0.1, -0.05) is 19.1 Å². The van der Waals surface area contributed by atoms with E-state index in [1.165, 1.54) is 6.42 Å². The summed E-state index contributed by atoms with van der Waals surface area (Å²) >= 11 is 3.49. The second kappa shape index (κ2) is 7.75. The minimum Gasteiger partial charge on any atom is -0.334 e. The van der Waals surface area contributed by atoms with Gasteiger partial charge in [-0.25, -0.2) is 9.97 Å². The maximum Gasteiger partial charge on any atom is 0.272 e. The SMILES string of the molecule is CCC1CCCCN1C(=O)c1ccnc(Nc2ccccc2Br)n1. The Morgan fingerprint density at radius 2 is 2.17 bits per heavy atom. The van der Waals surface area contributed by atoms with Gasteiger partial charge in [0.2, 0.25) is 5.95 Å². The number of hydrogen-bond donors (Lipinski definition) is 1. The number of amides is 1. The molecule has 1 N–H and O–H groups in total. The number of piperidine rings is 1. The Morgan fingerprint density at radius 3 is 2.96 bits per heavy atom. The fraction of sp³-hybridized carbons (Fsp3) is 0.389. The highest BCUT2D eigenvalue weighted by molar-refractivity contribution is 9.10. The molecule has 2 heterocycles. The van der Waals surface area contributed by atoms with Crippen LogP contribution < -0.4 is 5.32 Å². The van der Waals surface area contributed by atoms with Gasteiger partial charge >= 0.3 is 0 Å². The van der Waals surface area contributed by atoms with Gasteiger partial charge < -0.3 is 10.2 Å². The average Bonchev–Trinajstić information content (AvgIpc) is 2.63. The van der Waals surface area contributed by atoms with Gasteiger partial charge in [0.15, 0.2) is 0 Å². The molecule has 1 aliphatic rings. The van der Waals surface area contributed by atoms with E-state index in [9.17, 15) is 4.79 Å². The number of carbonyl (C=O) groups is 1. The predicted molar refractivity (Wildman–Crippen MR) is 98.4 cm³/mol. The third-order valence-electron chi connectivity index (χ3n) is 4.35. The van der Waals surface area contributed by atoms with Crippen molar-refractivity contribution in [3.8, 4) is 0 Å². The molecule has 24 heavy (non-hydrogen) atoms. The highest BCUT2D eigenvalue weighted by Gasteiger charge is 2.27. The molecule has 1 fully saturated rings. The number of nitrogens with one attached hydrogen (secondary N) is 1. The molecule has 1 aliphatic heterocycles. The lowest BCUT2D eigenvalue weighted by Gasteiger charge is -2.35. The predicted octanol–water partition coefficient (Wildman–Crippen LogP) is 4.39. The minimum absolute atomic E-state index is 0.000808. The lowest BCUT2D eigenvalue weighted by molar-refractivity contribution is 0.0602. The molecule has 0 spiro atoms. The Hall–Kier alpha value is -1.95. The molecule has 0 saturated carbocycles. The summed E-state index contributed by atoms with van der Waals surface area (Å²) in [6.07, 6.45) is 5.95. The van der Waals surface area contributed by atoms with Crippen molar-refractivity contribution in [1.82, 2.24) is 14.9 Å². The van der Waals surface area contributed by atoms with Gasteiger partial charge in [0.1, 0.15) is 5.69 Å². The summed E-state index contributed by atoms with van der Waals surface area (Å²) in [7, 11) is 0. The number of nitrogens with zero attached hydrogens (tertiary/aromatic N) is 3. The molecular formula is C18H21BrN4O. The lowest BCUT2D eigenvalue weighted by Crippen LogP contribution is -2.43. The van der Waals surface area contributed by atoms with Crippen molar-refractivity contribution in [2.45, 2.75) is 38.6 Å². The number of aromatic nitrogens is 2. The third-order valence-corrected chi connectivity index (χ3v) is 5.05. The van der Waals surface area contributed by atoms with Crippen LogP contribution in [-0.2, 0) is 0 Å². The third kappa shape index (κ3) is 3.75. The van der Waals surface area contributed by atoms with E-state index in [-0.39, 0.29) is 5.91 Å². The van der Waals surface area contributed by atoms with Crippen LogP contribution in [-0.4, -0.2) is 33.4 Å². The van der Waals surface area contributed by atoms with Gasteiger partial charge in [-0.2, -0.15) is 0 Å². The Morgan fingerprint density at radius 1 is 1.33 bits per heavy atom. The van der Waals surface area contributed by atoms with Gasteiger partial charge in [-0.3, -0.25) is 4.79 Å². The molecule has 1 atom stereocenters. The van der Waals surface area contributed by atoms with Crippen molar-refractivity contribution in [3.05, 3.63) is 46.7 Å². The van der Waals surface area contributed by atoms with Crippen molar-refractivity contribution in [2.75, 3.05) is 11.9 Å². The first kappa shape index (κ1) is 16.9. The fourth-order valence-corrected chi connectivity index (χ4v) is 3.44. The van der Waals surface area contributed by atoms with Gasteiger partial charge in [0.05, 0.1) is 5.69 Å². The first-order valence-electron chi connectivity index (χ1n) is 8.34. The molecule has 1 unspecified atom stereocenters. The van der Waals surface area contributed by atoms with Gasteiger partial charge in [0, 0.05) is 23.3 Å². The molecule has 1 aromatic heterocycles. The monoisotopic (exact) mass is 388 g/mol. The van der Waals surface area contributed by atoms with Crippen LogP contribution in [0.3, 0.4) is 0 Å². The molecule has 1 saturated heterocycles. The number of hydrogen-bond acceptors (Lipinski definition) is 4. The zero-order valence-corrected chi connectivity index (χ0v) is 15.3. The maximum atomic E-state index is 12.8.